The van der Waals surface area contributed by atoms with Crippen LogP contribution >= 0.6 is 0 Å². The lowest BCUT2D eigenvalue weighted by molar-refractivity contribution is 0.669. The van der Waals surface area contributed by atoms with Crippen molar-refractivity contribution in [2.24, 2.45) is 0 Å². The topological polar surface area (TPSA) is 56.7 Å². The van der Waals surface area contributed by atoms with Gasteiger partial charge in [-0.05, 0) is 52.6 Å². The highest BCUT2D eigenvalue weighted by molar-refractivity contribution is 6.27. The van der Waals surface area contributed by atoms with Gasteiger partial charge in [0.1, 0.15) is 11.2 Å². The molecule has 0 saturated heterocycles. The van der Waals surface area contributed by atoms with Gasteiger partial charge < -0.3 is 4.42 Å². The molecule has 0 radical (unpaired) electrons. The van der Waals surface area contributed by atoms with Gasteiger partial charge in [0.25, 0.3) is 0 Å². The van der Waals surface area contributed by atoms with Crippen LogP contribution in [0, 0.1) is 0 Å². The van der Waals surface area contributed by atoms with Crippen molar-refractivity contribution in [1.82, 2.24) is 19.5 Å². The zero-order valence-electron chi connectivity index (χ0n) is 26.9. The molecule has 0 aliphatic carbocycles. The number of benzene rings is 7. The van der Waals surface area contributed by atoms with E-state index in [1.165, 1.54) is 5.56 Å². The van der Waals surface area contributed by atoms with E-state index in [1.54, 1.807) is 0 Å². The summed E-state index contributed by atoms with van der Waals surface area (Å²) in [6, 6.07) is 58.5. The van der Waals surface area contributed by atoms with Crippen molar-refractivity contribution in [2.75, 3.05) is 0 Å². The summed E-state index contributed by atoms with van der Waals surface area (Å²) in [5, 5.41) is 4.38. The summed E-state index contributed by atoms with van der Waals surface area (Å²) in [7, 11) is 0. The Kier molecular flexibility index (Phi) is 6.42. The number of aromatic nitrogens is 4. The number of hydrogen-bond acceptors (Lipinski definition) is 4. The van der Waals surface area contributed by atoms with Gasteiger partial charge >= 0.3 is 0 Å². The van der Waals surface area contributed by atoms with Crippen molar-refractivity contribution >= 4 is 43.7 Å². The van der Waals surface area contributed by atoms with Crippen LogP contribution in [0.25, 0.3) is 94.7 Å². The monoisotopic (exact) mass is 640 g/mol. The van der Waals surface area contributed by atoms with Crippen LogP contribution in [0.4, 0.5) is 0 Å². The summed E-state index contributed by atoms with van der Waals surface area (Å²) in [6.07, 6.45) is 0. The lowest BCUT2D eigenvalue weighted by Gasteiger charge is -2.11. The number of hydrogen-bond donors (Lipinski definition) is 0. The average Bonchev–Trinajstić information content (AvgIpc) is 3.74. The molecule has 0 fully saturated rings. The molecule has 0 atom stereocenters. The molecule has 5 heteroatoms. The number of nitrogens with zero attached hydrogens (tertiary/aromatic N) is 4. The van der Waals surface area contributed by atoms with Gasteiger partial charge in [-0.3, -0.25) is 4.57 Å². The van der Waals surface area contributed by atoms with Crippen LogP contribution in [0.3, 0.4) is 0 Å². The van der Waals surface area contributed by atoms with E-state index in [0.717, 1.165) is 71.6 Å². The van der Waals surface area contributed by atoms with E-state index >= 15 is 0 Å². The molecule has 10 aromatic rings. The molecule has 0 amide bonds. The maximum absolute atomic E-state index is 6.38. The highest BCUT2D eigenvalue weighted by Crippen LogP contribution is 2.42. The van der Waals surface area contributed by atoms with Crippen LogP contribution in [0.2, 0.25) is 0 Å². The van der Waals surface area contributed by atoms with E-state index in [0.29, 0.717) is 17.6 Å². The van der Waals surface area contributed by atoms with Gasteiger partial charge in [0, 0.05) is 32.7 Å². The van der Waals surface area contributed by atoms with E-state index in [4.69, 9.17) is 19.4 Å². The van der Waals surface area contributed by atoms with E-state index < -0.39 is 0 Å². The van der Waals surface area contributed by atoms with Gasteiger partial charge in [0.15, 0.2) is 11.6 Å². The van der Waals surface area contributed by atoms with Crippen LogP contribution in [0.1, 0.15) is 0 Å². The molecule has 0 aliphatic rings. The fourth-order valence-corrected chi connectivity index (χ4v) is 7.10. The van der Waals surface area contributed by atoms with Gasteiger partial charge in [-0.1, -0.05) is 140 Å². The average molecular weight is 641 g/mol. The summed E-state index contributed by atoms with van der Waals surface area (Å²) in [5.41, 5.74) is 10.2. The summed E-state index contributed by atoms with van der Waals surface area (Å²) < 4.78 is 8.56. The van der Waals surface area contributed by atoms with E-state index in [-0.39, 0.29) is 0 Å². The van der Waals surface area contributed by atoms with Crippen LogP contribution in [0.15, 0.2) is 174 Å². The SMILES string of the molecule is c1ccc(-c2ccc(-c3nc(-c4ccccc4)nc(-n4c5ccc(-c6ccccc6)cc5c5c6c(ccc54)oc4ccccc46)n3)cc2)cc1. The predicted octanol–water partition coefficient (Wildman–Crippen LogP) is 11.5. The Morgan fingerprint density at radius 2 is 0.880 bits per heavy atom. The van der Waals surface area contributed by atoms with E-state index in [2.05, 4.69) is 120 Å². The first kappa shape index (κ1) is 28.2. The largest absolute Gasteiger partial charge is 0.456 e. The second-order valence-electron chi connectivity index (χ2n) is 12.5. The standard InChI is InChI=1S/C45H28N4O/c1-4-12-29(13-5-1)31-20-22-33(23-21-31)44-46-43(32-16-8-3-9-17-32)47-45(48-44)49-37-25-24-34(30-14-6-2-7-15-30)28-36(37)41-38(49)26-27-40-42(41)35-18-10-11-19-39(35)50-40/h1-28H. The number of rotatable bonds is 5. The van der Waals surface area contributed by atoms with Gasteiger partial charge in [0.05, 0.1) is 11.0 Å². The molecule has 7 aromatic carbocycles. The number of fused-ring (bicyclic) bond motifs is 7. The third kappa shape index (κ3) is 4.60. The normalized spacial score (nSPS) is 11.6. The Hall–Kier alpha value is -6.85. The highest BCUT2D eigenvalue weighted by atomic mass is 16.3. The molecular weight excluding hydrogens is 613 g/mol. The number of para-hydroxylation sites is 1. The maximum Gasteiger partial charge on any atom is 0.238 e. The van der Waals surface area contributed by atoms with Crippen LogP contribution < -0.4 is 0 Å². The minimum atomic E-state index is 0.556. The minimum Gasteiger partial charge on any atom is -0.456 e. The Morgan fingerprint density at radius 1 is 0.360 bits per heavy atom. The molecular formula is C45H28N4O. The zero-order valence-corrected chi connectivity index (χ0v) is 26.9. The van der Waals surface area contributed by atoms with Crippen LogP contribution in [-0.2, 0) is 0 Å². The molecule has 10 rings (SSSR count). The summed E-state index contributed by atoms with van der Waals surface area (Å²) in [6.45, 7) is 0. The zero-order chi connectivity index (χ0) is 33.0. The summed E-state index contributed by atoms with van der Waals surface area (Å²) in [5.74, 6) is 1.78. The van der Waals surface area contributed by atoms with Gasteiger partial charge in [-0.2, -0.15) is 9.97 Å². The smallest absolute Gasteiger partial charge is 0.238 e. The quantitative estimate of drug-likeness (QED) is 0.188. The first-order chi connectivity index (χ1) is 24.8. The van der Waals surface area contributed by atoms with E-state index in [9.17, 15) is 0 Å². The molecule has 0 bridgehead atoms. The molecule has 50 heavy (non-hydrogen) atoms. The summed E-state index contributed by atoms with van der Waals surface area (Å²) in [4.78, 5) is 15.4. The molecule has 0 spiro atoms. The molecule has 234 valence electrons. The molecule has 3 aromatic heterocycles. The third-order valence-corrected chi connectivity index (χ3v) is 9.48. The number of furan rings is 1. The second-order valence-corrected chi connectivity index (χ2v) is 12.5. The van der Waals surface area contributed by atoms with Crippen LogP contribution in [-0.4, -0.2) is 19.5 Å². The third-order valence-electron chi connectivity index (χ3n) is 9.48. The van der Waals surface area contributed by atoms with Gasteiger partial charge in [-0.15, -0.1) is 0 Å². The lowest BCUT2D eigenvalue weighted by atomic mass is 10.0. The molecule has 0 saturated carbocycles. The maximum atomic E-state index is 6.38. The second kappa shape index (κ2) is 11.4. The minimum absolute atomic E-state index is 0.556. The summed E-state index contributed by atoms with van der Waals surface area (Å²) >= 11 is 0. The highest BCUT2D eigenvalue weighted by Gasteiger charge is 2.22. The van der Waals surface area contributed by atoms with E-state index in [1.807, 2.05) is 54.6 Å². The van der Waals surface area contributed by atoms with Crippen molar-refractivity contribution in [3.05, 3.63) is 170 Å². The van der Waals surface area contributed by atoms with Crippen molar-refractivity contribution < 1.29 is 4.42 Å². The van der Waals surface area contributed by atoms with Gasteiger partial charge in [-0.25, -0.2) is 4.98 Å². The lowest BCUT2D eigenvalue weighted by Crippen LogP contribution is -2.06. The Morgan fingerprint density at radius 3 is 1.58 bits per heavy atom. The first-order valence-electron chi connectivity index (χ1n) is 16.7. The molecule has 5 nitrogen and oxygen atoms in total. The van der Waals surface area contributed by atoms with Crippen molar-refractivity contribution in [1.29, 1.82) is 0 Å². The molecule has 0 aliphatic heterocycles. The molecule has 0 N–H and O–H groups in total. The molecule has 3 heterocycles. The first-order valence-corrected chi connectivity index (χ1v) is 16.7. The van der Waals surface area contributed by atoms with Crippen molar-refractivity contribution in [2.45, 2.75) is 0 Å². The van der Waals surface area contributed by atoms with Crippen LogP contribution in [0.5, 0.6) is 0 Å². The fourth-order valence-electron chi connectivity index (χ4n) is 7.10. The fraction of sp³-hybridized carbons (Fsp3) is 0. The molecule has 0 unspecified atom stereocenters. The van der Waals surface area contributed by atoms with Crippen molar-refractivity contribution in [3.8, 4) is 51.0 Å². The van der Waals surface area contributed by atoms with Crippen molar-refractivity contribution in [3.63, 3.8) is 0 Å². The Balaban J connectivity index is 1.26. The Labute approximate surface area is 287 Å². The Bertz CT molecular complexity index is 2840. The van der Waals surface area contributed by atoms with Gasteiger partial charge in [0.2, 0.25) is 5.95 Å². The predicted molar refractivity (Wildman–Crippen MR) is 203 cm³/mol.